The van der Waals surface area contributed by atoms with Crippen LogP contribution in [-0.4, -0.2) is 19.2 Å². The first-order valence-electron chi connectivity index (χ1n) is 6.66. The molecule has 6 heteroatoms. The Hall–Kier alpha value is -1.13. The number of halogens is 2. The van der Waals surface area contributed by atoms with Crippen molar-refractivity contribution in [2.24, 2.45) is 0 Å². The third-order valence-electron chi connectivity index (χ3n) is 3.42. The molecule has 0 spiro atoms. The Labute approximate surface area is 128 Å². The van der Waals surface area contributed by atoms with Gasteiger partial charge in [0.25, 0.3) is 0 Å². The number of carbonyl (C=O) groups is 1. The second-order valence-corrected chi connectivity index (χ2v) is 5.73. The Kier molecular flexibility index (Phi) is 5.38. The molecule has 1 aliphatic rings. The molecule has 0 radical (unpaired) electrons. The van der Waals surface area contributed by atoms with Crippen molar-refractivity contribution >= 4 is 29.2 Å². The van der Waals surface area contributed by atoms with E-state index in [0.717, 1.165) is 18.4 Å². The SMILES string of the molecule is COc1c(Cl)cc(Cl)cc1CNC(=O)NC1CCCC1. The van der Waals surface area contributed by atoms with Gasteiger partial charge in [0.15, 0.2) is 0 Å². The standard InChI is InChI=1S/C14H18Cl2N2O2/c1-20-13-9(6-10(15)7-12(13)16)8-17-14(19)18-11-4-2-3-5-11/h6-7,11H,2-5,8H2,1H3,(H2,17,18,19). The van der Waals surface area contributed by atoms with E-state index in [1.165, 1.54) is 20.0 Å². The van der Waals surface area contributed by atoms with Crippen LogP contribution in [-0.2, 0) is 6.54 Å². The van der Waals surface area contributed by atoms with Crippen LogP contribution in [0.4, 0.5) is 4.79 Å². The second-order valence-electron chi connectivity index (χ2n) is 4.89. The number of hydrogen-bond acceptors (Lipinski definition) is 2. The number of urea groups is 1. The van der Waals surface area contributed by atoms with E-state index in [9.17, 15) is 4.79 Å². The zero-order valence-electron chi connectivity index (χ0n) is 11.3. The maximum absolute atomic E-state index is 11.8. The van der Waals surface area contributed by atoms with Crippen molar-refractivity contribution in [1.29, 1.82) is 0 Å². The molecule has 0 unspecified atom stereocenters. The molecule has 1 fully saturated rings. The molecular weight excluding hydrogens is 299 g/mol. The Morgan fingerprint density at radius 2 is 2.05 bits per heavy atom. The van der Waals surface area contributed by atoms with Crippen molar-refractivity contribution < 1.29 is 9.53 Å². The van der Waals surface area contributed by atoms with Gasteiger partial charge < -0.3 is 15.4 Å². The van der Waals surface area contributed by atoms with Crippen LogP contribution in [0.5, 0.6) is 5.75 Å². The van der Waals surface area contributed by atoms with E-state index in [4.69, 9.17) is 27.9 Å². The van der Waals surface area contributed by atoms with Gasteiger partial charge in [-0.1, -0.05) is 36.0 Å². The molecule has 4 nitrogen and oxygen atoms in total. The molecule has 0 saturated heterocycles. The van der Waals surface area contributed by atoms with Gasteiger partial charge in [-0.05, 0) is 25.0 Å². The number of methoxy groups -OCH3 is 1. The highest BCUT2D eigenvalue weighted by Crippen LogP contribution is 2.32. The largest absolute Gasteiger partial charge is 0.495 e. The van der Waals surface area contributed by atoms with Gasteiger partial charge in [-0.2, -0.15) is 0 Å². The molecule has 0 heterocycles. The molecule has 1 aliphatic carbocycles. The lowest BCUT2D eigenvalue weighted by atomic mass is 10.2. The summed E-state index contributed by atoms with van der Waals surface area (Å²) in [7, 11) is 1.54. The third-order valence-corrected chi connectivity index (χ3v) is 3.92. The molecular formula is C14H18Cl2N2O2. The van der Waals surface area contributed by atoms with Gasteiger partial charge in [0.1, 0.15) is 5.75 Å². The summed E-state index contributed by atoms with van der Waals surface area (Å²) in [5.41, 5.74) is 0.756. The molecule has 1 aromatic carbocycles. The van der Waals surface area contributed by atoms with Crippen LogP contribution in [0.3, 0.4) is 0 Å². The van der Waals surface area contributed by atoms with E-state index < -0.39 is 0 Å². The predicted molar refractivity (Wildman–Crippen MR) is 80.6 cm³/mol. The van der Waals surface area contributed by atoms with E-state index >= 15 is 0 Å². The number of rotatable bonds is 4. The number of carbonyl (C=O) groups excluding carboxylic acids is 1. The van der Waals surface area contributed by atoms with E-state index in [1.54, 1.807) is 12.1 Å². The van der Waals surface area contributed by atoms with E-state index in [1.807, 2.05) is 0 Å². The minimum atomic E-state index is -0.171. The van der Waals surface area contributed by atoms with Crippen molar-refractivity contribution in [2.75, 3.05) is 7.11 Å². The molecule has 20 heavy (non-hydrogen) atoms. The number of ether oxygens (including phenoxy) is 1. The Balaban J connectivity index is 1.94. The van der Waals surface area contributed by atoms with Gasteiger partial charge in [0.2, 0.25) is 0 Å². The Morgan fingerprint density at radius 3 is 2.70 bits per heavy atom. The molecule has 2 rings (SSSR count). The molecule has 0 aliphatic heterocycles. The maximum atomic E-state index is 11.8. The summed E-state index contributed by atoms with van der Waals surface area (Å²) in [5.74, 6) is 0.539. The molecule has 2 amide bonds. The lowest BCUT2D eigenvalue weighted by molar-refractivity contribution is 0.236. The van der Waals surface area contributed by atoms with Gasteiger partial charge in [-0.15, -0.1) is 0 Å². The van der Waals surface area contributed by atoms with Crippen molar-refractivity contribution in [3.63, 3.8) is 0 Å². The first kappa shape index (κ1) is 15.3. The van der Waals surface area contributed by atoms with Crippen LogP contribution in [0.15, 0.2) is 12.1 Å². The first-order chi connectivity index (χ1) is 9.60. The summed E-state index contributed by atoms with van der Waals surface area (Å²) in [6, 6.07) is 3.47. The highest BCUT2D eigenvalue weighted by Gasteiger charge is 2.17. The molecule has 110 valence electrons. The fourth-order valence-electron chi connectivity index (χ4n) is 2.46. The van der Waals surface area contributed by atoms with Crippen LogP contribution in [0.2, 0.25) is 10.0 Å². The number of hydrogen-bond donors (Lipinski definition) is 2. The topological polar surface area (TPSA) is 50.4 Å². The Bertz CT molecular complexity index is 488. The van der Waals surface area contributed by atoms with E-state index in [2.05, 4.69) is 10.6 Å². The molecule has 0 aromatic heterocycles. The van der Waals surface area contributed by atoms with Gasteiger partial charge in [0, 0.05) is 23.2 Å². The van der Waals surface area contributed by atoms with Gasteiger partial charge in [-0.25, -0.2) is 4.79 Å². The zero-order valence-corrected chi connectivity index (χ0v) is 12.9. The minimum Gasteiger partial charge on any atom is -0.495 e. The summed E-state index contributed by atoms with van der Waals surface area (Å²) >= 11 is 12.0. The van der Waals surface area contributed by atoms with Crippen molar-refractivity contribution in [2.45, 2.75) is 38.3 Å². The summed E-state index contributed by atoms with van der Waals surface area (Å²) in [4.78, 5) is 11.8. The number of amides is 2. The van der Waals surface area contributed by atoms with Crippen LogP contribution in [0.25, 0.3) is 0 Å². The smallest absolute Gasteiger partial charge is 0.315 e. The number of benzene rings is 1. The molecule has 0 bridgehead atoms. The molecule has 2 N–H and O–H groups in total. The average molecular weight is 317 g/mol. The molecule has 0 atom stereocenters. The summed E-state index contributed by atoms with van der Waals surface area (Å²) in [5, 5.41) is 6.72. The lowest BCUT2D eigenvalue weighted by Gasteiger charge is -2.15. The number of nitrogens with one attached hydrogen (secondary N) is 2. The van der Waals surface area contributed by atoms with Gasteiger partial charge in [0.05, 0.1) is 12.1 Å². The quantitative estimate of drug-likeness (QED) is 0.889. The van der Waals surface area contributed by atoms with Gasteiger partial charge >= 0.3 is 6.03 Å². The van der Waals surface area contributed by atoms with Crippen molar-refractivity contribution in [3.8, 4) is 5.75 Å². The summed E-state index contributed by atoms with van der Waals surface area (Å²) < 4.78 is 5.23. The van der Waals surface area contributed by atoms with Crippen LogP contribution in [0.1, 0.15) is 31.2 Å². The molecule has 1 aromatic rings. The zero-order chi connectivity index (χ0) is 14.5. The highest BCUT2D eigenvalue weighted by atomic mass is 35.5. The van der Waals surface area contributed by atoms with E-state index in [-0.39, 0.29) is 6.03 Å². The fourth-order valence-corrected chi connectivity index (χ4v) is 3.07. The normalized spacial score (nSPS) is 15.2. The fraction of sp³-hybridized carbons (Fsp3) is 0.500. The van der Waals surface area contributed by atoms with Gasteiger partial charge in [-0.3, -0.25) is 0 Å². The summed E-state index contributed by atoms with van der Waals surface area (Å²) in [6.07, 6.45) is 4.48. The molecule has 1 saturated carbocycles. The van der Waals surface area contributed by atoms with Crippen molar-refractivity contribution in [1.82, 2.24) is 10.6 Å². The van der Waals surface area contributed by atoms with Crippen LogP contribution < -0.4 is 15.4 Å². The maximum Gasteiger partial charge on any atom is 0.315 e. The predicted octanol–water partition coefficient (Wildman–Crippen LogP) is 3.74. The lowest BCUT2D eigenvalue weighted by Crippen LogP contribution is -2.40. The van der Waals surface area contributed by atoms with E-state index in [0.29, 0.717) is 28.4 Å². The third kappa shape index (κ3) is 3.93. The second kappa shape index (κ2) is 7.04. The monoisotopic (exact) mass is 316 g/mol. The van der Waals surface area contributed by atoms with Crippen molar-refractivity contribution in [3.05, 3.63) is 27.7 Å². The minimum absolute atomic E-state index is 0.171. The summed E-state index contributed by atoms with van der Waals surface area (Å²) in [6.45, 7) is 0.321. The van der Waals surface area contributed by atoms with Crippen LogP contribution >= 0.6 is 23.2 Å². The highest BCUT2D eigenvalue weighted by molar-refractivity contribution is 6.35. The Morgan fingerprint density at radius 1 is 1.35 bits per heavy atom. The first-order valence-corrected chi connectivity index (χ1v) is 7.42. The average Bonchev–Trinajstić information content (AvgIpc) is 2.88. The van der Waals surface area contributed by atoms with Crippen LogP contribution in [0, 0.1) is 0 Å².